The van der Waals surface area contributed by atoms with E-state index in [-0.39, 0.29) is 17.6 Å². The average Bonchev–Trinajstić information content (AvgIpc) is 2.51. The van der Waals surface area contributed by atoms with Crippen LogP contribution in [0, 0.1) is 23.1 Å². The molecule has 0 saturated heterocycles. The quantitative estimate of drug-likeness (QED) is 0.918. The maximum absolute atomic E-state index is 13.9. The molecule has 0 radical (unpaired) electrons. The molecule has 106 valence electrons. The Morgan fingerprint density at radius 1 is 1.33 bits per heavy atom. The summed E-state index contributed by atoms with van der Waals surface area (Å²) in [6.07, 6.45) is 4.66. The highest BCUT2D eigenvalue weighted by molar-refractivity contribution is 5.42. The summed E-state index contributed by atoms with van der Waals surface area (Å²) in [7, 11) is 0. The summed E-state index contributed by atoms with van der Waals surface area (Å²) in [6.45, 7) is 2.14. The van der Waals surface area contributed by atoms with Gasteiger partial charge in [0.1, 0.15) is 17.7 Å². The lowest BCUT2D eigenvalue weighted by molar-refractivity contribution is 0.422. The molecule has 0 saturated carbocycles. The Hall–Kier alpha value is -2.48. The number of benzene rings is 1. The van der Waals surface area contributed by atoms with Crippen molar-refractivity contribution in [3.05, 3.63) is 53.2 Å². The molecular weight excluding hydrogens is 267 g/mol. The molecule has 2 atom stereocenters. The molecule has 0 aliphatic heterocycles. The number of hydrogen-bond donors (Lipinski definition) is 1. The van der Waals surface area contributed by atoms with Crippen molar-refractivity contribution in [1.29, 1.82) is 5.26 Å². The molecule has 1 N–H and O–H groups in total. The molecule has 21 heavy (non-hydrogen) atoms. The van der Waals surface area contributed by atoms with Gasteiger partial charge in [-0.05, 0) is 36.0 Å². The fourth-order valence-electron chi connectivity index (χ4n) is 2.82. The van der Waals surface area contributed by atoms with Gasteiger partial charge in [-0.1, -0.05) is 19.1 Å². The Bertz CT molecular complexity index is 690. The van der Waals surface area contributed by atoms with E-state index in [1.165, 1.54) is 12.3 Å². The first-order chi connectivity index (χ1) is 10.2. The second kappa shape index (κ2) is 5.49. The SMILES string of the molecule is CC1CCc2c(F)cccc2C1Nc1cnc(C#N)cn1. The van der Waals surface area contributed by atoms with E-state index >= 15 is 0 Å². The number of nitrogens with one attached hydrogen (secondary N) is 1. The highest BCUT2D eigenvalue weighted by Gasteiger charge is 2.28. The third-order valence-corrected chi connectivity index (χ3v) is 3.98. The average molecular weight is 282 g/mol. The first kappa shape index (κ1) is 13.5. The molecule has 2 aromatic rings. The number of nitrogens with zero attached hydrogens (tertiary/aromatic N) is 3. The molecule has 2 unspecified atom stereocenters. The fraction of sp³-hybridized carbons (Fsp3) is 0.312. The van der Waals surface area contributed by atoms with Crippen LogP contribution in [0.25, 0.3) is 0 Å². The molecule has 1 heterocycles. The van der Waals surface area contributed by atoms with Crippen LogP contribution in [-0.2, 0) is 6.42 Å². The van der Waals surface area contributed by atoms with Crippen LogP contribution < -0.4 is 5.32 Å². The van der Waals surface area contributed by atoms with E-state index in [1.54, 1.807) is 12.3 Å². The van der Waals surface area contributed by atoms with Gasteiger partial charge in [0.25, 0.3) is 0 Å². The summed E-state index contributed by atoms with van der Waals surface area (Å²) in [5.41, 5.74) is 2.05. The fourth-order valence-corrected chi connectivity index (χ4v) is 2.82. The zero-order valence-electron chi connectivity index (χ0n) is 11.7. The van der Waals surface area contributed by atoms with Gasteiger partial charge in [-0.15, -0.1) is 0 Å². The minimum absolute atomic E-state index is 0.00619. The zero-order chi connectivity index (χ0) is 14.8. The summed E-state index contributed by atoms with van der Waals surface area (Å²) in [5.74, 6) is 0.830. The Balaban J connectivity index is 1.91. The largest absolute Gasteiger partial charge is 0.362 e. The van der Waals surface area contributed by atoms with Crippen molar-refractivity contribution in [1.82, 2.24) is 9.97 Å². The van der Waals surface area contributed by atoms with Crippen LogP contribution in [0.5, 0.6) is 0 Å². The van der Waals surface area contributed by atoms with Gasteiger partial charge in [-0.3, -0.25) is 0 Å². The molecule has 1 aliphatic carbocycles. The molecule has 1 aromatic heterocycles. The lowest BCUT2D eigenvalue weighted by Gasteiger charge is -2.32. The predicted octanol–water partition coefficient (Wildman–Crippen LogP) is 3.22. The van der Waals surface area contributed by atoms with Gasteiger partial charge >= 0.3 is 0 Å². The minimum Gasteiger partial charge on any atom is -0.362 e. The summed E-state index contributed by atoms with van der Waals surface area (Å²) in [4.78, 5) is 8.18. The Morgan fingerprint density at radius 3 is 2.90 bits per heavy atom. The summed E-state index contributed by atoms with van der Waals surface area (Å²) in [6, 6.07) is 7.15. The number of fused-ring (bicyclic) bond motifs is 1. The van der Waals surface area contributed by atoms with Crippen molar-refractivity contribution >= 4 is 5.82 Å². The van der Waals surface area contributed by atoms with Crippen molar-refractivity contribution < 1.29 is 4.39 Å². The third kappa shape index (κ3) is 2.57. The van der Waals surface area contributed by atoms with Crippen LogP contribution in [0.3, 0.4) is 0 Å². The molecule has 1 aromatic carbocycles. The monoisotopic (exact) mass is 282 g/mol. The van der Waals surface area contributed by atoms with Gasteiger partial charge in [0.2, 0.25) is 0 Å². The number of aromatic nitrogens is 2. The van der Waals surface area contributed by atoms with E-state index < -0.39 is 0 Å². The Morgan fingerprint density at radius 2 is 2.19 bits per heavy atom. The maximum Gasteiger partial charge on any atom is 0.158 e. The van der Waals surface area contributed by atoms with Crippen LogP contribution in [0.4, 0.5) is 10.2 Å². The number of halogens is 1. The molecule has 0 bridgehead atoms. The first-order valence-corrected chi connectivity index (χ1v) is 6.95. The zero-order valence-corrected chi connectivity index (χ0v) is 11.7. The molecule has 0 spiro atoms. The number of anilines is 1. The number of hydrogen-bond acceptors (Lipinski definition) is 4. The molecule has 0 amide bonds. The molecule has 4 nitrogen and oxygen atoms in total. The summed E-state index contributed by atoms with van der Waals surface area (Å²) in [5, 5.41) is 12.1. The molecule has 5 heteroatoms. The van der Waals surface area contributed by atoms with Gasteiger partial charge in [0, 0.05) is 0 Å². The van der Waals surface area contributed by atoms with Crippen LogP contribution in [0.15, 0.2) is 30.6 Å². The van der Waals surface area contributed by atoms with Crippen molar-refractivity contribution in [2.45, 2.75) is 25.8 Å². The van der Waals surface area contributed by atoms with Crippen LogP contribution >= 0.6 is 0 Å². The molecule has 1 aliphatic rings. The predicted molar refractivity (Wildman–Crippen MR) is 77.0 cm³/mol. The van der Waals surface area contributed by atoms with E-state index in [0.29, 0.717) is 11.7 Å². The normalized spacial score (nSPS) is 20.4. The summed E-state index contributed by atoms with van der Waals surface area (Å²) < 4.78 is 13.9. The standard InChI is InChI=1S/C16H15FN4/c1-10-5-6-12-13(3-2-4-14(12)17)16(10)21-15-9-19-11(7-18)8-20-15/h2-4,8-10,16H,5-6H2,1H3,(H,20,21). The van der Waals surface area contributed by atoms with Crippen molar-refractivity contribution in [2.24, 2.45) is 5.92 Å². The second-order valence-electron chi connectivity index (χ2n) is 5.34. The third-order valence-electron chi connectivity index (χ3n) is 3.98. The van der Waals surface area contributed by atoms with Gasteiger partial charge in [-0.25, -0.2) is 14.4 Å². The lowest BCUT2D eigenvalue weighted by Crippen LogP contribution is -2.26. The van der Waals surface area contributed by atoms with E-state index in [2.05, 4.69) is 22.2 Å². The van der Waals surface area contributed by atoms with Crippen LogP contribution in [-0.4, -0.2) is 9.97 Å². The van der Waals surface area contributed by atoms with E-state index in [0.717, 1.165) is 24.0 Å². The van der Waals surface area contributed by atoms with Gasteiger partial charge in [-0.2, -0.15) is 5.26 Å². The van der Waals surface area contributed by atoms with Crippen molar-refractivity contribution in [3.63, 3.8) is 0 Å². The number of rotatable bonds is 2. The van der Waals surface area contributed by atoms with E-state index in [1.807, 2.05) is 12.1 Å². The van der Waals surface area contributed by atoms with E-state index in [4.69, 9.17) is 5.26 Å². The lowest BCUT2D eigenvalue weighted by atomic mass is 9.80. The first-order valence-electron chi connectivity index (χ1n) is 6.95. The highest BCUT2D eigenvalue weighted by atomic mass is 19.1. The minimum atomic E-state index is -0.142. The maximum atomic E-state index is 13.9. The topological polar surface area (TPSA) is 61.6 Å². The van der Waals surface area contributed by atoms with Gasteiger partial charge in [0.05, 0.1) is 18.4 Å². The smallest absolute Gasteiger partial charge is 0.158 e. The highest BCUT2D eigenvalue weighted by Crippen LogP contribution is 2.37. The van der Waals surface area contributed by atoms with E-state index in [9.17, 15) is 4.39 Å². The molecular formula is C16H15FN4. The second-order valence-corrected chi connectivity index (χ2v) is 5.34. The Kier molecular flexibility index (Phi) is 3.53. The van der Waals surface area contributed by atoms with Crippen molar-refractivity contribution in [2.75, 3.05) is 5.32 Å². The Labute approximate surface area is 122 Å². The summed E-state index contributed by atoms with van der Waals surface area (Å²) >= 11 is 0. The van der Waals surface area contributed by atoms with Crippen LogP contribution in [0.2, 0.25) is 0 Å². The number of nitriles is 1. The van der Waals surface area contributed by atoms with Gasteiger partial charge < -0.3 is 5.32 Å². The molecule has 0 fully saturated rings. The van der Waals surface area contributed by atoms with Gasteiger partial charge in [0.15, 0.2) is 5.69 Å². The van der Waals surface area contributed by atoms with Crippen molar-refractivity contribution in [3.8, 4) is 6.07 Å². The van der Waals surface area contributed by atoms with Crippen LogP contribution in [0.1, 0.15) is 36.2 Å². The molecule has 3 rings (SSSR count).